The largest absolute Gasteiger partial charge is 0.491 e. The molecular weight excluding hydrogens is 444 g/mol. The van der Waals surface area contributed by atoms with Crippen LogP contribution >= 0.6 is 0 Å². The van der Waals surface area contributed by atoms with Gasteiger partial charge >= 0.3 is 5.97 Å². The maximum absolute atomic E-state index is 12.5. The summed E-state index contributed by atoms with van der Waals surface area (Å²) in [4.78, 5) is 23.6. The van der Waals surface area contributed by atoms with E-state index < -0.39 is 12.1 Å². The minimum atomic E-state index is -0.977. The van der Waals surface area contributed by atoms with Crippen LogP contribution in [-0.4, -0.2) is 42.3 Å². The Morgan fingerprint density at radius 3 is 1.71 bits per heavy atom. The van der Waals surface area contributed by atoms with E-state index >= 15 is 0 Å². The fourth-order valence-electron chi connectivity index (χ4n) is 3.68. The molecule has 2 unspecified atom stereocenters. The average molecular weight is 477 g/mol. The first-order valence-corrected chi connectivity index (χ1v) is 11.7. The molecule has 0 aliphatic carbocycles. The van der Waals surface area contributed by atoms with Crippen molar-refractivity contribution in [1.29, 1.82) is 0 Å². The van der Waals surface area contributed by atoms with Crippen LogP contribution in [0.4, 0.5) is 0 Å². The van der Waals surface area contributed by atoms with Gasteiger partial charge in [0.1, 0.15) is 11.5 Å². The highest BCUT2D eigenvalue weighted by Gasteiger charge is 2.17. The smallest absolute Gasteiger partial charge is 0.333 e. The molecule has 0 saturated carbocycles. The van der Waals surface area contributed by atoms with Gasteiger partial charge in [-0.05, 0) is 68.7 Å². The summed E-state index contributed by atoms with van der Waals surface area (Å²) in [5.74, 6) is 0.471. The lowest BCUT2D eigenvalue weighted by molar-refractivity contribution is -0.148. The molecule has 3 aromatic rings. The lowest BCUT2D eigenvalue weighted by atomic mass is 10.0. The van der Waals surface area contributed by atoms with Crippen LogP contribution in [0.3, 0.4) is 0 Å². The molecule has 0 aliphatic heterocycles. The van der Waals surface area contributed by atoms with Crippen LogP contribution in [0, 0.1) is 0 Å². The van der Waals surface area contributed by atoms with Gasteiger partial charge in [-0.15, -0.1) is 0 Å². The molecular formula is C29H32O6. The first kappa shape index (κ1) is 26.0. The number of aliphatic carboxylic acids is 1. The molecule has 35 heavy (non-hydrogen) atoms. The summed E-state index contributed by atoms with van der Waals surface area (Å²) in [6.45, 7) is 4.02. The maximum Gasteiger partial charge on any atom is 0.333 e. The van der Waals surface area contributed by atoms with Gasteiger partial charge in [0, 0.05) is 24.7 Å². The summed E-state index contributed by atoms with van der Waals surface area (Å²) in [5, 5.41) is 9.11. The SMILES string of the molecule is CO[C@H](Cc1ccc(OC(C)CCC(C)Oc2ccc(C(=O)c3ccccc3)cc2)cc1)C(=O)O. The van der Waals surface area contributed by atoms with Crippen molar-refractivity contribution in [3.63, 3.8) is 0 Å². The third-order valence-electron chi connectivity index (χ3n) is 5.71. The van der Waals surface area contributed by atoms with E-state index in [4.69, 9.17) is 19.3 Å². The van der Waals surface area contributed by atoms with Crippen LogP contribution in [-0.2, 0) is 16.0 Å². The monoisotopic (exact) mass is 476 g/mol. The third kappa shape index (κ3) is 7.97. The molecule has 0 radical (unpaired) electrons. The van der Waals surface area contributed by atoms with Crippen LogP contribution in [0.1, 0.15) is 48.2 Å². The van der Waals surface area contributed by atoms with Crippen LogP contribution < -0.4 is 9.47 Å². The highest BCUT2D eigenvalue weighted by molar-refractivity contribution is 6.08. The van der Waals surface area contributed by atoms with E-state index in [0.29, 0.717) is 17.5 Å². The molecule has 0 heterocycles. The normalized spacial score (nSPS) is 13.5. The summed E-state index contributed by atoms with van der Waals surface area (Å²) in [5.41, 5.74) is 2.17. The number of ketones is 1. The predicted octanol–water partition coefficient (Wildman–Crippen LogP) is 5.57. The van der Waals surface area contributed by atoms with Gasteiger partial charge in [0.25, 0.3) is 0 Å². The number of hydrogen-bond donors (Lipinski definition) is 1. The molecule has 0 aliphatic rings. The van der Waals surface area contributed by atoms with Crippen molar-refractivity contribution in [3.05, 3.63) is 95.6 Å². The molecule has 3 aromatic carbocycles. The number of carboxylic acids is 1. The second-order valence-electron chi connectivity index (χ2n) is 8.56. The number of rotatable bonds is 13. The highest BCUT2D eigenvalue weighted by atomic mass is 16.5. The van der Waals surface area contributed by atoms with E-state index in [1.54, 1.807) is 12.1 Å². The highest BCUT2D eigenvalue weighted by Crippen LogP contribution is 2.20. The molecule has 0 aromatic heterocycles. The molecule has 0 saturated heterocycles. The van der Waals surface area contributed by atoms with Crippen LogP contribution in [0.5, 0.6) is 11.5 Å². The number of benzene rings is 3. The van der Waals surface area contributed by atoms with Gasteiger partial charge in [0.2, 0.25) is 0 Å². The van der Waals surface area contributed by atoms with E-state index in [1.165, 1.54) is 7.11 Å². The van der Waals surface area contributed by atoms with E-state index in [9.17, 15) is 9.59 Å². The molecule has 6 heteroatoms. The van der Waals surface area contributed by atoms with Crippen LogP contribution in [0.2, 0.25) is 0 Å². The molecule has 3 rings (SSSR count). The number of hydrogen-bond acceptors (Lipinski definition) is 5. The Morgan fingerprint density at radius 1 is 0.743 bits per heavy atom. The molecule has 1 N–H and O–H groups in total. The molecule has 6 nitrogen and oxygen atoms in total. The van der Waals surface area contributed by atoms with Crippen molar-refractivity contribution in [1.82, 2.24) is 0 Å². The topological polar surface area (TPSA) is 82.1 Å². The van der Waals surface area contributed by atoms with Gasteiger partial charge in [-0.25, -0.2) is 4.79 Å². The van der Waals surface area contributed by atoms with Crippen molar-refractivity contribution in [3.8, 4) is 11.5 Å². The zero-order valence-electron chi connectivity index (χ0n) is 20.3. The van der Waals surface area contributed by atoms with Gasteiger partial charge in [0.15, 0.2) is 11.9 Å². The lowest BCUT2D eigenvalue weighted by Crippen LogP contribution is -2.24. The van der Waals surface area contributed by atoms with E-state index in [0.717, 1.165) is 29.9 Å². The van der Waals surface area contributed by atoms with Crippen molar-refractivity contribution in [2.45, 2.75) is 51.4 Å². The summed E-state index contributed by atoms with van der Waals surface area (Å²) >= 11 is 0. The van der Waals surface area contributed by atoms with Gasteiger partial charge in [0.05, 0.1) is 12.2 Å². The zero-order valence-corrected chi connectivity index (χ0v) is 20.3. The second-order valence-corrected chi connectivity index (χ2v) is 8.56. The number of methoxy groups -OCH3 is 1. The van der Waals surface area contributed by atoms with Crippen LogP contribution in [0.15, 0.2) is 78.9 Å². The van der Waals surface area contributed by atoms with Crippen LogP contribution in [0.25, 0.3) is 0 Å². The fraction of sp³-hybridized carbons (Fsp3) is 0.310. The van der Waals surface area contributed by atoms with E-state index in [1.807, 2.05) is 80.6 Å². The number of ether oxygens (including phenoxy) is 3. The number of carbonyl (C=O) groups excluding carboxylic acids is 1. The number of carboxylic acid groups (broad SMARTS) is 1. The Bertz CT molecular complexity index is 1080. The zero-order chi connectivity index (χ0) is 25.2. The van der Waals surface area contributed by atoms with Crippen molar-refractivity contribution in [2.75, 3.05) is 7.11 Å². The van der Waals surface area contributed by atoms with Crippen molar-refractivity contribution in [2.24, 2.45) is 0 Å². The predicted molar refractivity (Wildman–Crippen MR) is 134 cm³/mol. The number of carbonyl (C=O) groups is 2. The quantitative estimate of drug-likeness (QED) is 0.325. The summed E-state index contributed by atoms with van der Waals surface area (Å²) < 4.78 is 17.0. The third-order valence-corrected chi connectivity index (χ3v) is 5.71. The maximum atomic E-state index is 12.5. The van der Waals surface area contributed by atoms with E-state index in [2.05, 4.69) is 0 Å². The Balaban J connectivity index is 1.43. The van der Waals surface area contributed by atoms with Gasteiger partial charge in [-0.2, -0.15) is 0 Å². The molecule has 184 valence electrons. The second kappa shape index (κ2) is 12.7. The first-order chi connectivity index (χ1) is 16.9. The minimum Gasteiger partial charge on any atom is -0.491 e. The molecule has 0 bridgehead atoms. The van der Waals surface area contributed by atoms with E-state index in [-0.39, 0.29) is 18.0 Å². The summed E-state index contributed by atoms with van der Waals surface area (Å²) in [7, 11) is 1.39. The average Bonchev–Trinajstić information content (AvgIpc) is 2.87. The molecule has 0 fully saturated rings. The fourth-order valence-corrected chi connectivity index (χ4v) is 3.68. The summed E-state index contributed by atoms with van der Waals surface area (Å²) in [6.07, 6.45) is 1.03. The Kier molecular flexibility index (Phi) is 9.44. The molecule has 0 amide bonds. The Hall–Kier alpha value is -3.64. The molecule has 0 spiro atoms. The Morgan fingerprint density at radius 2 is 1.23 bits per heavy atom. The van der Waals surface area contributed by atoms with Crippen molar-refractivity contribution >= 4 is 11.8 Å². The summed E-state index contributed by atoms with van der Waals surface area (Å²) in [6, 6.07) is 23.8. The van der Waals surface area contributed by atoms with Gasteiger partial charge in [-0.1, -0.05) is 42.5 Å². The molecule has 3 atom stereocenters. The Labute approximate surface area is 206 Å². The van der Waals surface area contributed by atoms with Gasteiger partial charge in [-0.3, -0.25) is 4.79 Å². The lowest BCUT2D eigenvalue weighted by Gasteiger charge is -2.19. The van der Waals surface area contributed by atoms with Gasteiger partial charge < -0.3 is 19.3 Å². The van der Waals surface area contributed by atoms with Crippen molar-refractivity contribution < 1.29 is 28.9 Å². The first-order valence-electron chi connectivity index (χ1n) is 11.7. The minimum absolute atomic E-state index is 0.00963. The standard InChI is InChI=1S/C29H32O6/c1-20(34-25-15-11-22(12-16-25)19-27(33-3)29(31)32)9-10-21(2)35-26-17-13-24(14-18-26)28(30)23-7-5-4-6-8-23/h4-8,11-18,20-21,27H,9-10,19H2,1-3H3,(H,31,32)/t20?,21?,27-/m1/s1.